The number of pyridine rings is 1. The third kappa shape index (κ3) is 2.39. The molecular weight excluding hydrogens is 312 g/mol. The smallest absolute Gasteiger partial charge is 0.192 e. The summed E-state index contributed by atoms with van der Waals surface area (Å²) in [4.78, 5) is 16.5. The summed E-state index contributed by atoms with van der Waals surface area (Å²) in [5, 5.41) is 0.593. The van der Waals surface area contributed by atoms with Gasteiger partial charge in [0.1, 0.15) is 17.1 Å². The molecule has 8 nitrogen and oxygen atoms in total. The van der Waals surface area contributed by atoms with Gasteiger partial charge in [-0.15, -0.1) is 0 Å². The first kappa shape index (κ1) is 14.3. The number of rotatable bonds is 2. The zero-order valence-corrected chi connectivity index (χ0v) is 12.6. The Hall–Kier alpha value is -1.62. The number of hydrogen-bond acceptors (Lipinski definition) is 9. The van der Waals surface area contributed by atoms with Gasteiger partial charge in [0.2, 0.25) is 0 Å². The Morgan fingerprint density at radius 2 is 2.14 bits per heavy atom. The van der Waals surface area contributed by atoms with Crippen LogP contribution in [0.1, 0.15) is 5.56 Å². The minimum Gasteiger partial charge on any atom is -0.301 e. The lowest BCUT2D eigenvalue weighted by Crippen LogP contribution is -2.47. The quantitative estimate of drug-likeness (QED) is 0.750. The number of nitrogens with zero attached hydrogens (tertiary/aromatic N) is 4. The number of thioether (sulfide) groups is 1. The van der Waals surface area contributed by atoms with E-state index in [1.54, 1.807) is 6.07 Å². The highest BCUT2D eigenvalue weighted by Crippen LogP contribution is 2.33. The Bertz CT molecular complexity index is 783. The molecular formula is C11H12N6O2S2. The van der Waals surface area contributed by atoms with Gasteiger partial charge in [0, 0.05) is 18.0 Å². The number of sulfone groups is 1. The van der Waals surface area contributed by atoms with Gasteiger partial charge in [-0.3, -0.25) is 10.7 Å². The molecule has 21 heavy (non-hydrogen) atoms. The van der Waals surface area contributed by atoms with Gasteiger partial charge in [0.05, 0.1) is 0 Å². The fourth-order valence-corrected chi connectivity index (χ4v) is 3.38. The third-order valence-corrected chi connectivity index (χ3v) is 4.92. The second kappa shape index (κ2) is 4.70. The number of fused-ring (bicyclic) bond motifs is 1. The van der Waals surface area contributed by atoms with Gasteiger partial charge in [0.25, 0.3) is 0 Å². The van der Waals surface area contributed by atoms with Gasteiger partial charge in [0.15, 0.2) is 26.0 Å². The normalized spacial score (nSPS) is 28.0. The molecule has 2 aliphatic rings. The van der Waals surface area contributed by atoms with Crippen LogP contribution in [0.15, 0.2) is 38.3 Å². The van der Waals surface area contributed by atoms with E-state index in [-0.39, 0.29) is 5.03 Å². The molecule has 1 aromatic heterocycles. The molecule has 110 valence electrons. The molecule has 1 aromatic rings. The number of aliphatic imine (C=N–C) groups is 3. The topological polar surface area (TPSA) is 136 Å². The Morgan fingerprint density at radius 3 is 2.76 bits per heavy atom. The van der Waals surface area contributed by atoms with Gasteiger partial charge in [-0.05, 0) is 6.07 Å². The first-order chi connectivity index (χ1) is 9.80. The highest BCUT2D eigenvalue weighted by Gasteiger charge is 2.42. The second-order valence-corrected chi connectivity index (χ2v) is 7.66. The zero-order chi connectivity index (χ0) is 15.3. The first-order valence-electron chi connectivity index (χ1n) is 5.88. The van der Waals surface area contributed by atoms with Crippen LogP contribution in [0.5, 0.6) is 0 Å². The SMILES string of the molecule is CS(=O)(=O)c1ccc(C2(N)N=CN=C3SC(N)N=C32)cn1. The molecule has 0 aromatic carbocycles. The Balaban J connectivity index is 2.05. The Kier molecular flexibility index (Phi) is 3.20. The molecule has 3 rings (SSSR count). The summed E-state index contributed by atoms with van der Waals surface area (Å²) < 4.78 is 22.9. The first-order valence-corrected chi connectivity index (χ1v) is 8.66. The molecule has 0 fully saturated rings. The molecule has 10 heteroatoms. The average Bonchev–Trinajstić information content (AvgIpc) is 2.80. The molecule has 2 aliphatic heterocycles. The molecule has 2 unspecified atom stereocenters. The van der Waals surface area contributed by atoms with Crippen LogP contribution in [0.4, 0.5) is 0 Å². The van der Waals surface area contributed by atoms with Gasteiger partial charge < -0.3 is 5.73 Å². The molecule has 2 atom stereocenters. The van der Waals surface area contributed by atoms with Crippen LogP contribution in [0.25, 0.3) is 0 Å². The number of aromatic nitrogens is 1. The summed E-state index contributed by atoms with van der Waals surface area (Å²) in [7, 11) is -3.36. The van der Waals surface area contributed by atoms with Gasteiger partial charge in [-0.25, -0.2) is 23.4 Å². The van der Waals surface area contributed by atoms with E-state index in [2.05, 4.69) is 20.0 Å². The summed E-state index contributed by atoms with van der Waals surface area (Å²) in [6.45, 7) is 0. The van der Waals surface area contributed by atoms with Crippen molar-refractivity contribution in [2.45, 2.75) is 16.2 Å². The van der Waals surface area contributed by atoms with E-state index >= 15 is 0 Å². The molecule has 0 saturated heterocycles. The zero-order valence-electron chi connectivity index (χ0n) is 11.0. The van der Waals surface area contributed by atoms with E-state index < -0.39 is 21.0 Å². The minimum atomic E-state index is -3.36. The Morgan fingerprint density at radius 1 is 1.38 bits per heavy atom. The van der Waals surface area contributed by atoms with Crippen molar-refractivity contribution in [2.24, 2.45) is 26.4 Å². The fourth-order valence-electron chi connectivity index (χ4n) is 2.00. The molecule has 0 aliphatic carbocycles. The largest absolute Gasteiger partial charge is 0.301 e. The van der Waals surface area contributed by atoms with Crippen LogP contribution in [-0.4, -0.2) is 42.2 Å². The molecule has 3 heterocycles. The fraction of sp³-hybridized carbons (Fsp3) is 0.273. The van der Waals surface area contributed by atoms with E-state index in [9.17, 15) is 8.42 Å². The molecule has 0 spiro atoms. The summed E-state index contributed by atoms with van der Waals surface area (Å²) in [5.74, 6) is 0. The molecule has 0 amide bonds. The van der Waals surface area contributed by atoms with Crippen molar-refractivity contribution in [3.63, 3.8) is 0 Å². The van der Waals surface area contributed by atoms with Crippen LogP contribution >= 0.6 is 11.8 Å². The summed E-state index contributed by atoms with van der Waals surface area (Å²) in [6, 6.07) is 2.96. The maximum atomic E-state index is 11.4. The standard InChI is InChI=1S/C11H12N6O2S2/c1-21(18,19)7-3-2-6(4-14-7)11(13)8-9(15-5-16-11)20-10(12)17-8/h2-5,10H,12-13H2,1H3. The summed E-state index contributed by atoms with van der Waals surface area (Å²) >= 11 is 1.29. The molecule has 0 saturated carbocycles. The molecule has 0 bridgehead atoms. The van der Waals surface area contributed by atoms with Crippen LogP contribution in [-0.2, 0) is 15.5 Å². The highest BCUT2D eigenvalue weighted by molar-refractivity contribution is 8.16. The van der Waals surface area contributed by atoms with E-state index in [0.717, 1.165) is 6.26 Å². The highest BCUT2D eigenvalue weighted by atomic mass is 32.2. The monoisotopic (exact) mass is 324 g/mol. The Labute approximate surface area is 125 Å². The number of nitrogens with two attached hydrogens (primary N) is 2. The van der Waals surface area contributed by atoms with Gasteiger partial charge >= 0.3 is 0 Å². The van der Waals surface area contributed by atoms with Crippen LogP contribution in [0.2, 0.25) is 0 Å². The van der Waals surface area contributed by atoms with Crippen molar-refractivity contribution >= 4 is 38.7 Å². The lowest BCUT2D eigenvalue weighted by Gasteiger charge is -2.27. The van der Waals surface area contributed by atoms with Crippen LogP contribution in [0, 0.1) is 0 Å². The molecule has 0 radical (unpaired) electrons. The predicted octanol–water partition coefficient (Wildman–Crippen LogP) is -0.533. The molecule has 4 N–H and O–H groups in total. The van der Waals surface area contributed by atoms with Crippen molar-refractivity contribution < 1.29 is 8.42 Å². The van der Waals surface area contributed by atoms with Crippen molar-refractivity contribution in [1.29, 1.82) is 0 Å². The average molecular weight is 324 g/mol. The van der Waals surface area contributed by atoms with Crippen LogP contribution in [0.3, 0.4) is 0 Å². The summed E-state index contributed by atoms with van der Waals surface area (Å²) in [6.07, 6.45) is 3.82. The maximum absolute atomic E-state index is 11.4. The lowest BCUT2D eigenvalue weighted by atomic mass is 9.97. The second-order valence-electron chi connectivity index (χ2n) is 4.59. The van der Waals surface area contributed by atoms with E-state index in [4.69, 9.17) is 11.5 Å². The van der Waals surface area contributed by atoms with E-state index in [1.165, 1.54) is 30.4 Å². The predicted molar refractivity (Wildman–Crippen MR) is 82.1 cm³/mol. The number of hydrogen-bond donors (Lipinski definition) is 2. The van der Waals surface area contributed by atoms with E-state index in [0.29, 0.717) is 16.3 Å². The summed E-state index contributed by atoms with van der Waals surface area (Å²) in [5.41, 5.74) is 11.4. The van der Waals surface area contributed by atoms with Crippen molar-refractivity contribution in [2.75, 3.05) is 6.26 Å². The minimum absolute atomic E-state index is 0.0250. The van der Waals surface area contributed by atoms with Gasteiger partial charge in [-0.2, -0.15) is 0 Å². The van der Waals surface area contributed by atoms with Gasteiger partial charge in [-0.1, -0.05) is 17.8 Å². The van der Waals surface area contributed by atoms with Crippen molar-refractivity contribution in [1.82, 2.24) is 4.98 Å². The maximum Gasteiger partial charge on any atom is 0.192 e. The third-order valence-electron chi connectivity index (χ3n) is 3.05. The van der Waals surface area contributed by atoms with Crippen LogP contribution < -0.4 is 11.5 Å². The van der Waals surface area contributed by atoms with E-state index in [1.807, 2.05) is 0 Å². The lowest BCUT2D eigenvalue weighted by molar-refractivity contribution is 0.596. The van der Waals surface area contributed by atoms with Crippen molar-refractivity contribution in [3.05, 3.63) is 23.9 Å². The van der Waals surface area contributed by atoms with Crippen molar-refractivity contribution in [3.8, 4) is 0 Å².